The van der Waals surface area contributed by atoms with Crippen LogP contribution in [0.15, 0.2) is 18.2 Å². The molecular weight excluding hydrogens is 247 g/mol. The van der Waals surface area contributed by atoms with Gasteiger partial charge < -0.3 is 10.6 Å². The monoisotopic (exact) mass is 258 g/mol. The molecule has 1 aromatic carbocycles. The Balaban J connectivity index is 2.14. The third-order valence-electron chi connectivity index (χ3n) is 2.59. The number of hydrogen-bond donors (Lipinski definition) is 2. The van der Waals surface area contributed by atoms with Crippen LogP contribution < -0.4 is 10.6 Å². The van der Waals surface area contributed by atoms with E-state index < -0.39 is 0 Å². The summed E-state index contributed by atoms with van der Waals surface area (Å²) in [5, 5.41) is 7.01. The second-order valence-corrected chi connectivity index (χ2v) is 4.50. The highest BCUT2D eigenvalue weighted by Crippen LogP contribution is 2.26. The fourth-order valence-electron chi connectivity index (χ4n) is 1.74. The molecule has 2 rings (SSSR count). The van der Waals surface area contributed by atoms with E-state index >= 15 is 0 Å². The number of amides is 1. The number of benzene rings is 1. The number of halogens is 2. The standard InChI is InChI=1S/C11H12Cl2N2O/c12-8-3-1-2-7(10(8)13)6-9-11(16)15-5-4-14-9/h1-3,9,14H,4-6H2,(H,15,16)/t9-/m0/s1. The molecule has 1 aliphatic heterocycles. The highest BCUT2D eigenvalue weighted by atomic mass is 35.5. The minimum atomic E-state index is -0.218. The lowest BCUT2D eigenvalue weighted by Crippen LogP contribution is -2.53. The summed E-state index contributed by atoms with van der Waals surface area (Å²) in [6.07, 6.45) is 0.561. The van der Waals surface area contributed by atoms with Crippen LogP contribution in [0.2, 0.25) is 10.0 Å². The Labute approximate surface area is 104 Å². The summed E-state index contributed by atoms with van der Waals surface area (Å²) in [5.74, 6) is 0.0160. The maximum Gasteiger partial charge on any atom is 0.237 e. The molecule has 0 bridgehead atoms. The summed E-state index contributed by atoms with van der Waals surface area (Å²) in [6, 6.07) is 5.24. The van der Waals surface area contributed by atoms with E-state index in [1.807, 2.05) is 12.1 Å². The van der Waals surface area contributed by atoms with Crippen molar-refractivity contribution in [2.45, 2.75) is 12.5 Å². The summed E-state index contributed by atoms with van der Waals surface area (Å²) in [4.78, 5) is 11.5. The van der Waals surface area contributed by atoms with Gasteiger partial charge in [0.2, 0.25) is 5.91 Å². The zero-order valence-corrected chi connectivity index (χ0v) is 10.1. The van der Waals surface area contributed by atoms with Crippen molar-refractivity contribution in [1.82, 2.24) is 10.6 Å². The first-order chi connectivity index (χ1) is 7.68. The number of nitrogens with one attached hydrogen (secondary N) is 2. The second-order valence-electron chi connectivity index (χ2n) is 3.71. The van der Waals surface area contributed by atoms with Gasteiger partial charge in [0.1, 0.15) is 0 Å². The van der Waals surface area contributed by atoms with Gasteiger partial charge in [0.25, 0.3) is 0 Å². The predicted octanol–water partition coefficient (Wildman–Crippen LogP) is 1.62. The maximum absolute atomic E-state index is 11.5. The molecule has 2 N–H and O–H groups in total. The Bertz CT molecular complexity index is 409. The molecule has 1 saturated heterocycles. The van der Waals surface area contributed by atoms with Gasteiger partial charge in [-0.2, -0.15) is 0 Å². The minimum absolute atomic E-state index is 0.0160. The Morgan fingerprint density at radius 3 is 2.88 bits per heavy atom. The van der Waals surface area contributed by atoms with E-state index in [2.05, 4.69) is 10.6 Å². The molecule has 1 atom stereocenters. The topological polar surface area (TPSA) is 41.1 Å². The molecule has 0 saturated carbocycles. The van der Waals surface area contributed by atoms with Crippen LogP contribution in [0.3, 0.4) is 0 Å². The molecule has 1 heterocycles. The van der Waals surface area contributed by atoms with Crippen LogP contribution in [-0.2, 0) is 11.2 Å². The molecule has 0 aliphatic carbocycles. The average Bonchev–Trinajstić information content (AvgIpc) is 2.28. The molecule has 0 aromatic heterocycles. The van der Waals surface area contributed by atoms with E-state index in [0.717, 1.165) is 12.1 Å². The van der Waals surface area contributed by atoms with Gasteiger partial charge in [-0.1, -0.05) is 35.3 Å². The average molecular weight is 259 g/mol. The molecule has 86 valence electrons. The molecule has 5 heteroatoms. The van der Waals surface area contributed by atoms with E-state index in [0.29, 0.717) is 23.0 Å². The molecule has 1 amide bonds. The predicted molar refractivity (Wildman–Crippen MR) is 65.0 cm³/mol. The Kier molecular flexibility index (Phi) is 3.69. The first kappa shape index (κ1) is 11.7. The van der Waals surface area contributed by atoms with Crippen LogP contribution >= 0.6 is 23.2 Å². The molecule has 1 aromatic rings. The van der Waals surface area contributed by atoms with E-state index in [1.54, 1.807) is 6.07 Å². The van der Waals surface area contributed by atoms with Gasteiger partial charge in [0, 0.05) is 13.1 Å². The Morgan fingerprint density at radius 1 is 1.31 bits per heavy atom. The van der Waals surface area contributed by atoms with Crippen molar-refractivity contribution in [2.24, 2.45) is 0 Å². The quantitative estimate of drug-likeness (QED) is 0.847. The molecule has 0 unspecified atom stereocenters. The molecule has 16 heavy (non-hydrogen) atoms. The molecule has 3 nitrogen and oxygen atoms in total. The van der Waals surface area contributed by atoms with Gasteiger partial charge in [0.05, 0.1) is 16.1 Å². The van der Waals surface area contributed by atoms with Crippen molar-refractivity contribution in [3.8, 4) is 0 Å². The van der Waals surface area contributed by atoms with Crippen molar-refractivity contribution in [2.75, 3.05) is 13.1 Å². The first-order valence-corrected chi connectivity index (χ1v) is 5.88. The fraction of sp³-hybridized carbons (Fsp3) is 0.364. The van der Waals surface area contributed by atoms with Gasteiger partial charge in [0.15, 0.2) is 0 Å². The third kappa shape index (κ3) is 2.48. The number of carbonyl (C=O) groups excluding carboxylic acids is 1. The summed E-state index contributed by atoms with van der Waals surface area (Å²) in [7, 11) is 0. The normalized spacial score (nSPS) is 20.6. The van der Waals surface area contributed by atoms with Crippen molar-refractivity contribution in [3.05, 3.63) is 33.8 Å². The van der Waals surface area contributed by atoms with Crippen molar-refractivity contribution >= 4 is 29.1 Å². The van der Waals surface area contributed by atoms with Crippen molar-refractivity contribution in [1.29, 1.82) is 0 Å². The molecule has 1 fully saturated rings. The summed E-state index contributed by atoms with van der Waals surface area (Å²) < 4.78 is 0. The van der Waals surface area contributed by atoms with E-state index in [1.165, 1.54) is 0 Å². The van der Waals surface area contributed by atoms with Crippen LogP contribution in [0, 0.1) is 0 Å². The zero-order valence-electron chi connectivity index (χ0n) is 8.59. The van der Waals surface area contributed by atoms with E-state index in [4.69, 9.17) is 23.2 Å². The van der Waals surface area contributed by atoms with Crippen molar-refractivity contribution < 1.29 is 4.79 Å². The third-order valence-corrected chi connectivity index (χ3v) is 3.45. The first-order valence-electron chi connectivity index (χ1n) is 5.12. The number of carbonyl (C=O) groups is 1. The van der Waals surface area contributed by atoms with Gasteiger partial charge in [-0.3, -0.25) is 4.79 Å². The highest BCUT2D eigenvalue weighted by Gasteiger charge is 2.22. The van der Waals surface area contributed by atoms with Crippen LogP contribution in [0.5, 0.6) is 0 Å². The minimum Gasteiger partial charge on any atom is -0.353 e. The summed E-state index contributed by atoms with van der Waals surface area (Å²) in [6.45, 7) is 1.47. The summed E-state index contributed by atoms with van der Waals surface area (Å²) >= 11 is 12.0. The molecule has 0 radical (unpaired) electrons. The summed E-state index contributed by atoms with van der Waals surface area (Å²) in [5.41, 5.74) is 0.892. The van der Waals surface area contributed by atoms with Crippen molar-refractivity contribution in [3.63, 3.8) is 0 Å². The SMILES string of the molecule is O=C1NCCN[C@H]1Cc1cccc(Cl)c1Cl. The highest BCUT2D eigenvalue weighted by molar-refractivity contribution is 6.42. The second kappa shape index (κ2) is 5.04. The van der Waals surface area contributed by atoms with Crippen LogP contribution in [0.4, 0.5) is 0 Å². The lowest BCUT2D eigenvalue weighted by molar-refractivity contribution is -0.124. The lowest BCUT2D eigenvalue weighted by Gasteiger charge is -2.23. The van der Waals surface area contributed by atoms with Crippen LogP contribution in [0.25, 0.3) is 0 Å². The lowest BCUT2D eigenvalue weighted by atomic mass is 10.0. The maximum atomic E-state index is 11.5. The number of rotatable bonds is 2. The Hall–Kier alpha value is -0.770. The van der Waals surface area contributed by atoms with Gasteiger partial charge in [-0.05, 0) is 18.1 Å². The zero-order chi connectivity index (χ0) is 11.5. The molecule has 1 aliphatic rings. The number of hydrogen-bond acceptors (Lipinski definition) is 2. The van der Waals surface area contributed by atoms with Gasteiger partial charge >= 0.3 is 0 Å². The number of piperazine rings is 1. The van der Waals surface area contributed by atoms with Crippen LogP contribution in [0.1, 0.15) is 5.56 Å². The smallest absolute Gasteiger partial charge is 0.237 e. The van der Waals surface area contributed by atoms with Gasteiger partial charge in [-0.15, -0.1) is 0 Å². The fourth-order valence-corrected chi connectivity index (χ4v) is 2.14. The van der Waals surface area contributed by atoms with E-state index in [-0.39, 0.29) is 11.9 Å². The molecular formula is C11H12Cl2N2O. The van der Waals surface area contributed by atoms with E-state index in [9.17, 15) is 4.79 Å². The Morgan fingerprint density at radius 2 is 2.12 bits per heavy atom. The largest absolute Gasteiger partial charge is 0.353 e. The van der Waals surface area contributed by atoms with Crippen LogP contribution in [-0.4, -0.2) is 25.0 Å². The molecule has 0 spiro atoms. The van der Waals surface area contributed by atoms with Gasteiger partial charge in [-0.25, -0.2) is 0 Å².